The predicted octanol–water partition coefficient (Wildman–Crippen LogP) is 2.09. The Kier molecular flexibility index (Phi) is 2.86. The number of aryl methyl sites for hydroxylation is 1. The van der Waals surface area contributed by atoms with Gasteiger partial charge in [-0.25, -0.2) is 9.97 Å². The number of nitro groups is 1. The van der Waals surface area contributed by atoms with Gasteiger partial charge in [-0.2, -0.15) is 0 Å². The van der Waals surface area contributed by atoms with Crippen LogP contribution in [0.5, 0.6) is 0 Å². The van der Waals surface area contributed by atoms with Crippen molar-refractivity contribution in [3.63, 3.8) is 0 Å². The summed E-state index contributed by atoms with van der Waals surface area (Å²) in [6.45, 7) is 2.28. The molecule has 0 N–H and O–H groups in total. The van der Waals surface area contributed by atoms with E-state index in [1.807, 2.05) is 31.2 Å². The summed E-state index contributed by atoms with van der Waals surface area (Å²) in [6, 6.07) is 7.61. The molecule has 0 amide bonds. The molecule has 20 heavy (non-hydrogen) atoms. The first-order chi connectivity index (χ1) is 9.63. The lowest BCUT2D eigenvalue weighted by atomic mass is 10.2. The Bertz CT molecular complexity index is 796. The van der Waals surface area contributed by atoms with Gasteiger partial charge in [0, 0.05) is 0 Å². The average Bonchev–Trinajstić information content (AvgIpc) is 2.88. The standard InChI is InChI=1S/C13H11N5O2/c1-9-12(6-17-7-13(14-8-17)18(19)20)16-11-5-3-2-4-10(11)15-9/h2-5,7-8H,6H2,1H3. The molecule has 0 aliphatic rings. The van der Waals surface area contributed by atoms with E-state index in [1.165, 1.54) is 12.5 Å². The van der Waals surface area contributed by atoms with Crippen molar-refractivity contribution in [1.29, 1.82) is 0 Å². The zero-order valence-corrected chi connectivity index (χ0v) is 10.7. The molecule has 1 aromatic carbocycles. The first-order valence-electron chi connectivity index (χ1n) is 6.02. The van der Waals surface area contributed by atoms with Gasteiger partial charge in [-0.3, -0.25) is 0 Å². The highest BCUT2D eigenvalue weighted by molar-refractivity contribution is 5.74. The fraction of sp³-hybridized carbons (Fsp3) is 0.154. The van der Waals surface area contributed by atoms with Crippen molar-refractivity contribution in [1.82, 2.24) is 19.5 Å². The Hall–Kier alpha value is -2.83. The van der Waals surface area contributed by atoms with Crippen LogP contribution in [0.25, 0.3) is 11.0 Å². The molecule has 3 aromatic rings. The number of benzene rings is 1. The van der Waals surface area contributed by atoms with E-state index in [-0.39, 0.29) is 5.82 Å². The van der Waals surface area contributed by atoms with Crippen LogP contribution in [0.1, 0.15) is 11.4 Å². The highest BCUT2D eigenvalue weighted by Gasteiger charge is 2.12. The Morgan fingerprint density at radius 3 is 2.60 bits per heavy atom. The molecule has 0 fully saturated rings. The molecule has 0 aliphatic heterocycles. The lowest BCUT2D eigenvalue weighted by molar-refractivity contribution is -0.389. The van der Waals surface area contributed by atoms with Crippen LogP contribution >= 0.6 is 0 Å². The summed E-state index contributed by atoms with van der Waals surface area (Å²) in [5.74, 6) is -0.170. The molecule has 100 valence electrons. The largest absolute Gasteiger partial charge is 0.381 e. The van der Waals surface area contributed by atoms with Gasteiger partial charge in [-0.1, -0.05) is 12.1 Å². The van der Waals surface area contributed by atoms with E-state index < -0.39 is 4.92 Å². The molecule has 0 spiro atoms. The van der Waals surface area contributed by atoms with E-state index in [2.05, 4.69) is 15.0 Å². The van der Waals surface area contributed by atoms with Crippen LogP contribution in [-0.2, 0) is 6.54 Å². The van der Waals surface area contributed by atoms with Gasteiger partial charge in [0.25, 0.3) is 0 Å². The summed E-state index contributed by atoms with van der Waals surface area (Å²) in [6.07, 6.45) is 2.81. The van der Waals surface area contributed by atoms with Crippen molar-refractivity contribution in [3.05, 3.63) is 58.3 Å². The van der Waals surface area contributed by atoms with Gasteiger partial charge in [-0.05, 0) is 29.0 Å². The highest BCUT2D eigenvalue weighted by Crippen LogP contribution is 2.14. The first kappa shape index (κ1) is 12.2. The lowest BCUT2D eigenvalue weighted by Crippen LogP contribution is -2.04. The van der Waals surface area contributed by atoms with Gasteiger partial charge >= 0.3 is 5.82 Å². The zero-order chi connectivity index (χ0) is 14.1. The fourth-order valence-electron chi connectivity index (χ4n) is 1.98. The molecule has 0 saturated carbocycles. The second-order valence-electron chi connectivity index (χ2n) is 4.41. The number of rotatable bonds is 3. The van der Waals surface area contributed by atoms with Gasteiger partial charge in [0.1, 0.15) is 6.20 Å². The third kappa shape index (κ3) is 2.20. The van der Waals surface area contributed by atoms with Crippen LogP contribution in [0, 0.1) is 17.0 Å². The number of fused-ring (bicyclic) bond motifs is 1. The maximum atomic E-state index is 10.6. The Morgan fingerprint density at radius 1 is 1.25 bits per heavy atom. The molecule has 7 heteroatoms. The van der Waals surface area contributed by atoms with Crippen LogP contribution in [0.4, 0.5) is 5.82 Å². The number of hydrogen-bond acceptors (Lipinski definition) is 5. The second kappa shape index (κ2) is 4.69. The summed E-state index contributed by atoms with van der Waals surface area (Å²) < 4.78 is 1.63. The quantitative estimate of drug-likeness (QED) is 0.536. The van der Waals surface area contributed by atoms with Crippen LogP contribution in [0.15, 0.2) is 36.8 Å². The topological polar surface area (TPSA) is 86.7 Å². The van der Waals surface area contributed by atoms with Crippen molar-refractivity contribution >= 4 is 16.9 Å². The van der Waals surface area contributed by atoms with Crippen molar-refractivity contribution in [3.8, 4) is 0 Å². The smallest absolute Gasteiger partial charge is 0.358 e. The molecule has 0 bridgehead atoms. The van der Waals surface area contributed by atoms with E-state index in [9.17, 15) is 10.1 Å². The second-order valence-corrected chi connectivity index (χ2v) is 4.41. The normalized spacial score (nSPS) is 10.8. The van der Waals surface area contributed by atoms with Gasteiger partial charge in [-0.15, -0.1) is 0 Å². The number of hydrogen-bond donors (Lipinski definition) is 0. The average molecular weight is 269 g/mol. The minimum absolute atomic E-state index is 0.170. The Balaban J connectivity index is 1.97. The highest BCUT2D eigenvalue weighted by atomic mass is 16.6. The van der Waals surface area contributed by atoms with Crippen LogP contribution in [0.3, 0.4) is 0 Å². The molecular formula is C13H11N5O2. The lowest BCUT2D eigenvalue weighted by Gasteiger charge is -2.06. The SMILES string of the molecule is Cc1nc2ccccc2nc1Cn1cnc([N+](=O)[O-])c1. The number of nitrogens with zero attached hydrogens (tertiary/aromatic N) is 5. The van der Waals surface area contributed by atoms with E-state index in [4.69, 9.17) is 0 Å². The summed E-state index contributed by atoms with van der Waals surface area (Å²) >= 11 is 0. The molecule has 0 aliphatic carbocycles. The Labute approximate surface area is 114 Å². The number of imidazole rings is 1. The summed E-state index contributed by atoms with van der Waals surface area (Å²) in [5.41, 5.74) is 3.23. The van der Waals surface area contributed by atoms with Crippen LogP contribution in [0.2, 0.25) is 0 Å². The van der Waals surface area contributed by atoms with Crippen LogP contribution < -0.4 is 0 Å². The zero-order valence-electron chi connectivity index (χ0n) is 10.7. The van der Waals surface area contributed by atoms with Crippen molar-refractivity contribution in [2.24, 2.45) is 0 Å². The molecule has 0 unspecified atom stereocenters. The third-order valence-corrected chi connectivity index (χ3v) is 2.98. The van der Waals surface area contributed by atoms with E-state index >= 15 is 0 Å². The summed E-state index contributed by atoms with van der Waals surface area (Å²) in [4.78, 5) is 22.8. The van der Waals surface area contributed by atoms with Crippen molar-refractivity contribution < 1.29 is 4.92 Å². The van der Waals surface area contributed by atoms with Gasteiger partial charge in [0.15, 0.2) is 0 Å². The van der Waals surface area contributed by atoms with E-state index in [0.29, 0.717) is 6.54 Å². The third-order valence-electron chi connectivity index (χ3n) is 2.98. The molecule has 7 nitrogen and oxygen atoms in total. The molecule has 0 radical (unpaired) electrons. The van der Waals surface area contributed by atoms with Gasteiger partial charge in [0.05, 0.1) is 29.0 Å². The van der Waals surface area contributed by atoms with E-state index in [1.54, 1.807) is 4.57 Å². The van der Waals surface area contributed by atoms with E-state index in [0.717, 1.165) is 22.4 Å². The molecule has 2 aromatic heterocycles. The summed E-state index contributed by atoms with van der Waals surface area (Å²) in [7, 11) is 0. The summed E-state index contributed by atoms with van der Waals surface area (Å²) in [5, 5.41) is 10.6. The molecule has 0 atom stereocenters. The Morgan fingerprint density at radius 2 is 1.95 bits per heavy atom. The molecule has 3 rings (SSSR count). The number of para-hydroxylation sites is 2. The molecule has 0 saturated heterocycles. The monoisotopic (exact) mass is 269 g/mol. The van der Waals surface area contributed by atoms with Gasteiger partial charge < -0.3 is 14.7 Å². The molecule has 2 heterocycles. The fourth-order valence-corrected chi connectivity index (χ4v) is 1.98. The minimum atomic E-state index is -0.518. The predicted molar refractivity (Wildman–Crippen MR) is 72.3 cm³/mol. The number of aromatic nitrogens is 4. The van der Waals surface area contributed by atoms with Crippen molar-refractivity contribution in [2.45, 2.75) is 13.5 Å². The van der Waals surface area contributed by atoms with Crippen LogP contribution in [-0.4, -0.2) is 24.4 Å². The van der Waals surface area contributed by atoms with Gasteiger partial charge in [0.2, 0.25) is 6.33 Å². The minimum Gasteiger partial charge on any atom is -0.358 e. The maximum absolute atomic E-state index is 10.6. The first-order valence-corrected chi connectivity index (χ1v) is 6.02. The van der Waals surface area contributed by atoms with Crippen molar-refractivity contribution in [2.75, 3.05) is 0 Å². The molecular weight excluding hydrogens is 258 g/mol. The maximum Gasteiger partial charge on any atom is 0.381 e.